The van der Waals surface area contributed by atoms with Crippen LogP contribution >= 0.6 is 0 Å². The molecule has 1 fully saturated rings. The van der Waals surface area contributed by atoms with Crippen LogP contribution in [-0.4, -0.2) is 38.1 Å². The molecule has 0 aromatic rings. The maximum atomic E-state index is 10.4. The molecule has 0 unspecified atom stereocenters. The van der Waals surface area contributed by atoms with Gasteiger partial charge in [-0.1, -0.05) is 7.43 Å². The van der Waals surface area contributed by atoms with E-state index < -0.39 is 36.7 Å². The van der Waals surface area contributed by atoms with Crippen LogP contribution in [0.3, 0.4) is 0 Å². The number of hydrogen-bond acceptors (Lipinski definition) is 4. The van der Waals surface area contributed by atoms with Gasteiger partial charge in [-0.25, -0.2) is 8.42 Å². The van der Waals surface area contributed by atoms with Crippen molar-refractivity contribution in [3.8, 4) is 0 Å². The van der Waals surface area contributed by atoms with Crippen LogP contribution in [0.4, 0.5) is 0 Å². The lowest BCUT2D eigenvalue weighted by molar-refractivity contribution is 0.467. The Balaban J connectivity index is 0.000001000. The van der Waals surface area contributed by atoms with Crippen molar-refractivity contribution in [2.24, 2.45) is 0 Å². The van der Waals surface area contributed by atoms with E-state index >= 15 is 0 Å². The summed E-state index contributed by atoms with van der Waals surface area (Å²) in [5.41, 5.74) is 0. The van der Waals surface area contributed by atoms with Crippen LogP contribution in [0.15, 0.2) is 0 Å². The maximum absolute atomic E-state index is 10.4. The third kappa shape index (κ3) is 2.42. The molecule has 11 heavy (non-hydrogen) atoms. The maximum Gasteiger partial charge on any atom is 0.269 e. The predicted octanol–water partition coefficient (Wildman–Crippen LogP) is -0.693. The summed E-state index contributed by atoms with van der Waals surface area (Å²) in [4.78, 5) is 0. The molecular formula is C4H10O5S2. The Bertz CT molecular complexity index is 311. The minimum absolute atomic E-state index is 0. The predicted molar refractivity (Wildman–Crippen MR) is 40.7 cm³/mol. The molecule has 0 aliphatic carbocycles. The van der Waals surface area contributed by atoms with Crippen molar-refractivity contribution in [2.75, 3.05) is 11.5 Å². The van der Waals surface area contributed by atoms with E-state index in [9.17, 15) is 16.8 Å². The zero-order chi connectivity index (χ0) is 7.99. The van der Waals surface area contributed by atoms with Gasteiger partial charge in [0.15, 0.2) is 9.84 Å². The van der Waals surface area contributed by atoms with E-state index in [1.54, 1.807) is 0 Å². The second kappa shape index (κ2) is 2.72. The molecule has 0 bridgehead atoms. The highest BCUT2D eigenvalue weighted by atomic mass is 32.2. The average molecular weight is 202 g/mol. The van der Waals surface area contributed by atoms with Crippen molar-refractivity contribution in [2.45, 2.75) is 12.7 Å². The van der Waals surface area contributed by atoms with Gasteiger partial charge in [-0.15, -0.1) is 0 Å². The molecule has 0 spiro atoms. The van der Waals surface area contributed by atoms with Crippen LogP contribution in [0.1, 0.15) is 7.43 Å². The molecule has 0 atom stereocenters. The fraction of sp³-hybridized carbons (Fsp3) is 1.00. The minimum atomic E-state index is -4.12. The summed E-state index contributed by atoms with van der Waals surface area (Å²) in [6, 6.07) is 0. The molecule has 0 aromatic heterocycles. The van der Waals surface area contributed by atoms with Crippen LogP contribution in [0.5, 0.6) is 0 Å². The van der Waals surface area contributed by atoms with E-state index in [-0.39, 0.29) is 7.43 Å². The van der Waals surface area contributed by atoms with Gasteiger partial charge in [-0.05, 0) is 0 Å². The second-order valence-electron chi connectivity index (χ2n) is 2.21. The molecule has 0 amide bonds. The van der Waals surface area contributed by atoms with Gasteiger partial charge in [0.25, 0.3) is 10.1 Å². The van der Waals surface area contributed by atoms with Gasteiger partial charge in [-0.3, -0.25) is 4.55 Å². The number of sulfone groups is 1. The van der Waals surface area contributed by atoms with Gasteiger partial charge >= 0.3 is 0 Å². The Kier molecular flexibility index (Phi) is 2.69. The van der Waals surface area contributed by atoms with Crippen LogP contribution in [0.25, 0.3) is 0 Å². The molecule has 68 valence electrons. The smallest absolute Gasteiger partial charge is 0.269 e. The summed E-state index contributed by atoms with van der Waals surface area (Å²) in [7, 11) is -7.27. The second-order valence-corrected chi connectivity index (χ2v) is 6.06. The van der Waals surface area contributed by atoms with Crippen LogP contribution in [-0.2, 0) is 20.0 Å². The summed E-state index contributed by atoms with van der Waals surface area (Å²) in [6.07, 6.45) is 0. The van der Waals surface area contributed by atoms with Crippen molar-refractivity contribution in [3.05, 3.63) is 0 Å². The van der Waals surface area contributed by atoms with Crippen LogP contribution in [0, 0.1) is 0 Å². The van der Waals surface area contributed by atoms with E-state index in [2.05, 4.69) is 0 Å². The van der Waals surface area contributed by atoms with Crippen molar-refractivity contribution in [1.29, 1.82) is 0 Å². The largest absolute Gasteiger partial charge is 0.285 e. The van der Waals surface area contributed by atoms with Crippen molar-refractivity contribution >= 4 is 20.0 Å². The molecule has 1 heterocycles. The molecule has 1 rings (SSSR count). The number of rotatable bonds is 1. The van der Waals surface area contributed by atoms with Crippen molar-refractivity contribution in [1.82, 2.24) is 0 Å². The minimum Gasteiger partial charge on any atom is -0.285 e. The Morgan fingerprint density at radius 1 is 1.27 bits per heavy atom. The van der Waals surface area contributed by atoms with Crippen molar-refractivity contribution in [3.63, 3.8) is 0 Å². The fourth-order valence-corrected chi connectivity index (χ4v) is 4.34. The van der Waals surface area contributed by atoms with E-state index in [4.69, 9.17) is 4.55 Å². The normalized spacial score (nSPS) is 23.4. The molecule has 7 heteroatoms. The summed E-state index contributed by atoms with van der Waals surface area (Å²) in [5, 5.41) is -1.09. The first-order valence-corrected chi connectivity index (χ1v) is 5.80. The SMILES string of the molecule is C.O=S1(=O)CC(S(=O)(=O)O)C1. The Morgan fingerprint density at radius 2 is 1.64 bits per heavy atom. The quantitative estimate of drug-likeness (QED) is 0.568. The summed E-state index contributed by atoms with van der Waals surface area (Å²) >= 11 is 0. The van der Waals surface area contributed by atoms with Crippen LogP contribution < -0.4 is 0 Å². The zero-order valence-electron chi connectivity index (χ0n) is 4.89. The lowest BCUT2D eigenvalue weighted by Gasteiger charge is -2.21. The zero-order valence-corrected chi connectivity index (χ0v) is 6.52. The highest BCUT2D eigenvalue weighted by Crippen LogP contribution is 2.16. The molecule has 0 radical (unpaired) electrons. The summed E-state index contributed by atoms with van der Waals surface area (Å²) < 4.78 is 49.4. The topological polar surface area (TPSA) is 88.5 Å². The molecule has 1 saturated heterocycles. The Labute approximate surface area is 66.1 Å². The highest BCUT2D eigenvalue weighted by molar-refractivity contribution is 7.97. The molecular weight excluding hydrogens is 192 g/mol. The molecule has 5 nitrogen and oxygen atoms in total. The van der Waals surface area contributed by atoms with Gasteiger partial charge in [-0.2, -0.15) is 8.42 Å². The average Bonchev–Trinajstić information content (AvgIpc) is 1.56. The van der Waals surface area contributed by atoms with E-state index in [0.29, 0.717) is 0 Å². The van der Waals surface area contributed by atoms with Crippen LogP contribution in [0.2, 0.25) is 0 Å². The molecule has 1 aliphatic heterocycles. The number of hydrogen-bond donors (Lipinski definition) is 1. The lowest BCUT2D eigenvalue weighted by atomic mass is 10.5. The summed E-state index contributed by atoms with van der Waals surface area (Å²) in [5.74, 6) is -0.877. The first-order chi connectivity index (χ1) is 4.31. The molecule has 0 saturated carbocycles. The van der Waals surface area contributed by atoms with Gasteiger partial charge in [0.2, 0.25) is 0 Å². The fourth-order valence-electron chi connectivity index (χ4n) is 0.690. The van der Waals surface area contributed by atoms with Gasteiger partial charge in [0, 0.05) is 0 Å². The first-order valence-electron chi connectivity index (χ1n) is 2.48. The summed E-state index contributed by atoms with van der Waals surface area (Å²) in [6.45, 7) is 0. The first kappa shape index (κ1) is 10.9. The molecule has 1 N–H and O–H groups in total. The van der Waals surface area contributed by atoms with Gasteiger partial charge in [0.05, 0.1) is 11.5 Å². The standard InChI is InChI=1S/C3H6O5S2.CH4/c4-9(5)1-3(2-9)10(6,7)8;/h3H,1-2H2,(H,6,7,8);1H4. The molecule has 1 aliphatic rings. The monoisotopic (exact) mass is 202 g/mol. The third-order valence-electron chi connectivity index (χ3n) is 1.30. The lowest BCUT2D eigenvalue weighted by Crippen LogP contribution is -2.46. The third-order valence-corrected chi connectivity index (χ3v) is 4.72. The van der Waals surface area contributed by atoms with E-state index in [0.717, 1.165) is 0 Å². The van der Waals surface area contributed by atoms with E-state index in [1.807, 2.05) is 0 Å². The van der Waals surface area contributed by atoms with Gasteiger partial charge in [0.1, 0.15) is 5.25 Å². The van der Waals surface area contributed by atoms with E-state index in [1.165, 1.54) is 0 Å². The Morgan fingerprint density at radius 3 is 1.73 bits per heavy atom. The highest BCUT2D eigenvalue weighted by Gasteiger charge is 2.41. The molecule has 0 aromatic carbocycles. The van der Waals surface area contributed by atoms with Gasteiger partial charge < -0.3 is 0 Å². The Hall–Kier alpha value is -0.140. The van der Waals surface area contributed by atoms with Crippen molar-refractivity contribution < 1.29 is 21.4 Å².